The van der Waals surface area contributed by atoms with Gasteiger partial charge in [0.1, 0.15) is 0 Å². The quantitative estimate of drug-likeness (QED) is 0.148. The predicted molar refractivity (Wildman–Crippen MR) is 155 cm³/mol. The smallest absolute Gasteiger partial charge is 0.0156 e. The third kappa shape index (κ3) is 16.7. The SMILES string of the molecule is CCCCCCCCCCCCNC(C)(C)C(CCCCCCCCCC)Cc1ccccc1. The Labute approximate surface area is 215 Å². The number of hydrogen-bond acceptors (Lipinski definition) is 1. The van der Waals surface area contributed by atoms with Crippen molar-refractivity contribution in [3.8, 4) is 0 Å². The fourth-order valence-electron chi connectivity index (χ4n) is 5.31. The van der Waals surface area contributed by atoms with E-state index in [-0.39, 0.29) is 5.54 Å². The summed E-state index contributed by atoms with van der Waals surface area (Å²) in [6, 6.07) is 11.2. The number of unbranched alkanes of at least 4 members (excludes halogenated alkanes) is 16. The average molecular weight is 472 g/mol. The summed E-state index contributed by atoms with van der Waals surface area (Å²) in [5, 5.41) is 3.98. The van der Waals surface area contributed by atoms with Crippen LogP contribution in [0.1, 0.15) is 155 Å². The van der Waals surface area contributed by atoms with Gasteiger partial charge in [-0.1, -0.05) is 153 Å². The van der Waals surface area contributed by atoms with Crippen molar-refractivity contribution in [1.82, 2.24) is 5.32 Å². The minimum absolute atomic E-state index is 0.205. The second-order valence-corrected chi connectivity index (χ2v) is 11.5. The van der Waals surface area contributed by atoms with E-state index >= 15 is 0 Å². The third-order valence-electron chi connectivity index (χ3n) is 7.86. The fraction of sp³-hybridized carbons (Fsp3) is 0.818. The third-order valence-corrected chi connectivity index (χ3v) is 7.86. The molecule has 0 saturated carbocycles. The zero-order valence-electron chi connectivity index (χ0n) is 23.8. The molecule has 1 heteroatoms. The lowest BCUT2D eigenvalue weighted by atomic mass is 9.79. The first kappa shape index (κ1) is 31.2. The highest BCUT2D eigenvalue weighted by Crippen LogP contribution is 2.27. The van der Waals surface area contributed by atoms with Gasteiger partial charge in [0.15, 0.2) is 0 Å². The standard InChI is InChI=1S/C33H61N/c1-5-7-9-11-13-15-16-18-20-25-29-34-33(3,4)32(30-31-26-22-21-23-27-31)28-24-19-17-14-12-10-8-6-2/h21-23,26-27,32,34H,5-20,24-25,28-30H2,1-4H3. The molecule has 0 spiro atoms. The van der Waals surface area contributed by atoms with Crippen LogP contribution in [0.25, 0.3) is 0 Å². The summed E-state index contributed by atoms with van der Waals surface area (Å²) in [6.07, 6.45) is 28.0. The normalized spacial score (nSPS) is 12.8. The number of nitrogens with one attached hydrogen (secondary N) is 1. The van der Waals surface area contributed by atoms with Crippen molar-refractivity contribution in [1.29, 1.82) is 0 Å². The van der Waals surface area contributed by atoms with Gasteiger partial charge in [-0.3, -0.25) is 0 Å². The van der Waals surface area contributed by atoms with Crippen molar-refractivity contribution in [3.63, 3.8) is 0 Å². The molecule has 0 aliphatic rings. The van der Waals surface area contributed by atoms with Gasteiger partial charge in [0.05, 0.1) is 0 Å². The van der Waals surface area contributed by atoms with Crippen LogP contribution in [-0.2, 0) is 6.42 Å². The van der Waals surface area contributed by atoms with Crippen LogP contribution >= 0.6 is 0 Å². The van der Waals surface area contributed by atoms with Gasteiger partial charge in [0.25, 0.3) is 0 Å². The Bertz CT molecular complexity index is 535. The molecule has 0 amide bonds. The Kier molecular flexibility index (Phi) is 19.7. The second-order valence-electron chi connectivity index (χ2n) is 11.5. The summed E-state index contributed by atoms with van der Waals surface area (Å²) in [4.78, 5) is 0. The molecule has 0 saturated heterocycles. The van der Waals surface area contributed by atoms with Crippen LogP contribution in [0.5, 0.6) is 0 Å². The molecule has 0 aliphatic carbocycles. The molecular weight excluding hydrogens is 410 g/mol. The lowest BCUT2D eigenvalue weighted by Gasteiger charge is -2.36. The summed E-state index contributed by atoms with van der Waals surface area (Å²) < 4.78 is 0. The number of rotatable bonds is 24. The zero-order valence-corrected chi connectivity index (χ0v) is 23.8. The maximum Gasteiger partial charge on any atom is 0.0156 e. The van der Waals surface area contributed by atoms with Crippen molar-refractivity contribution >= 4 is 0 Å². The van der Waals surface area contributed by atoms with Crippen LogP contribution in [0.3, 0.4) is 0 Å². The van der Waals surface area contributed by atoms with E-state index in [1.54, 1.807) is 0 Å². The van der Waals surface area contributed by atoms with E-state index in [2.05, 4.69) is 63.3 Å². The summed E-state index contributed by atoms with van der Waals surface area (Å²) in [5.74, 6) is 0.707. The largest absolute Gasteiger partial charge is 0.312 e. The predicted octanol–water partition coefficient (Wildman–Crippen LogP) is 10.7. The molecule has 1 aromatic rings. The average Bonchev–Trinajstić information content (AvgIpc) is 2.84. The number of hydrogen-bond donors (Lipinski definition) is 1. The van der Waals surface area contributed by atoms with Crippen molar-refractivity contribution in [2.75, 3.05) is 6.54 Å². The van der Waals surface area contributed by atoms with Gasteiger partial charge in [-0.05, 0) is 51.1 Å². The van der Waals surface area contributed by atoms with Crippen molar-refractivity contribution in [2.24, 2.45) is 5.92 Å². The first-order valence-electron chi connectivity index (χ1n) is 15.4. The summed E-state index contributed by atoms with van der Waals surface area (Å²) >= 11 is 0. The molecular formula is C33H61N. The van der Waals surface area contributed by atoms with Crippen LogP contribution in [0.4, 0.5) is 0 Å². The zero-order chi connectivity index (χ0) is 24.7. The fourth-order valence-corrected chi connectivity index (χ4v) is 5.31. The molecule has 0 heterocycles. The minimum Gasteiger partial charge on any atom is -0.312 e. The Hall–Kier alpha value is -0.820. The molecule has 1 nitrogen and oxygen atoms in total. The van der Waals surface area contributed by atoms with E-state index in [1.165, 1.54) is 141 Å². The van der Waals surface area contributed by atoms with Gasteiger partial charge in [-0.25, -0.2) is 0 Å². The maximum absolute atomic E-state index is 3.98. The van der Waals surface area contributed by atoms with Crippen LogP contribution < -0.4 is 5.32 Å². The van der Waals surface area contributed by atoms with Gasteiger partial charge in [-0.15, -0.1) is 0 Å². The first-order chi connectivity index (χ1) is 16.6. The Morgan fingerprint density at radius 1 is 0.588 bits per heavy atom. The Morgan fingerprint density at radius 3 is 1.53 bits per heavy atom. The van der Waals surface area contributed by atoms with E-state index in [0.717, 1.165) is 0 Å². The molecule has 198 valence electrons. The first-order valence-corrected chi connectivity index (χ1v) is 15.4. The molecule has 0 fully saturated rings. The van der Waals surface area contributed by atoms with Crippen LogP contribution in [0, 0.1) is 5.92 Å². The lowest BCUT2D eigenvalue weighted by molar-refractivity contribution is 0.230. The van der Waals surface area contributed by atoms with E-state index in [1.807, 2.05) is 0 Å². The Morgan fingerprint density at radius 2 is 1.03 bits per heavy atom. The van der Waals surface area contributed by atoms with Gasteiger partial charge < -0.3 is 5.32 Å². The molecule has 1 rings (SSSR count). The van der Waals surface area contributed by atoms with Crippen molar-refractivity contribution in [3.05, 3.63) is 35.9 Å². The van der Waals surface area contributed by atoms with Crippen LogP contribution in [0.15, 0.2) is 30.3 Å². The van der Waals surface area contributed by atoms with Gasteiger partial charge in [-0.2, -0.15) is 0 Å². The summed E-state index contributed by atoms with van der Waals surface area (Å²) in [5.41, 5.74) is 1.71. The molecule has 1 aromatic carbocycles. The summed E-state index contributed by atoms with van der Waals surface area (Å²) in [6.45, 7) is 10.7. The van der Waals surface area contributed by atoms with E-state index in [9.17, 15) is 0 Å². The van der Waals surface area contributed by atoms with Crippen LogP contribution in [0.2, 0.25) is 0 Å². The van der Waals surface area contributed by atoms with Gasteiger partial charge in [0.2, 0.25) is 0 Å². The number of benzene rings is 1. The molecule has 0 aromatic heterocycles. The van der Waals surface area contributed by atoms with E-state index < -0.39 is 0 Å². The van der Waals surface area contributed by atoms with Crippen LogP contribution in [-0.4, -0.2) is 12.1 Å². The van der Waals surface area contributed by atoms with Crippen molar-refractivity contribution in [2.45, 2.75) is 162 Å². The molecule has 1 atom stereocenters. The highest BCUT2D eigenvalue weighted by atomic mass is 15.0. The maximum atomic E-state index is 3.98. The molecule has 1 N–H and O–H groups in total. The van der Waals surface area contributed by atoms with Gasteiger partial charge in [0, 0.05) is 5.54 Å². The minimum atomic E-state index is 0.205. The van der Waals surface area contributed by atoms with E-state index in [4.69, 9.17) is 0 Å². The monoisotopic (exact) mass is 471 g/mol. The molecule has 0 aliphatic heterocycles. The highest BCUT2D eigenvalue weighted by molar-refractivity contribution is 5.16. The van der Waals surface area contributed by atoms with Gasteiger partial charge >= 0.3 is 0 Å². The second kappa shape index (κ2) is 21.5. The highest BCUT2D eigenvalue weighted by Gasteiger charge is 2.28. The lowest BCUT2D eigenvalue weighted by Crippen LogP contribution is -2.47. The summed E-state index contributed by atoms with van der Waals surface area (Å²) in [7, 11) is 0. The molecule has 1 unspecified atom stereocenters. The Balaban J connectivity index is 2.30. The molecule has 0 bridgehead atoms. The molecule has 0 radical (unpaired) electrons. The topological polar surface area (TPSA) is 12.0 Å². The van der Waals surface area contributed by atoms with Crippen molar-refractivity contribution < 1.29 is 0 Å². The molecule has 34 heavy (non-hydrogen) atoms. The van der Waals surface area contributed by atoms with E-state index in [0.29, 0.717) is 5.92 Å².